The Kier molecular flexibility index (Phi) is 7.13. The van der Waals surface area contributed by atoms with E-state index in [-0.39, 0.29) is 5.91 Å². The van der Waals surface area contributed by atoms with Gasteiger partial charge in [-0.1, -0.05) is 54.6 Å². The van der Waals surface area contributed by atoms with Gasteiger partial charge in [0.15, 0.2) is 11.5 Å². The molecule has 3 aromatic carbocycles. The number of ether oxygens (including phenoxy) is 3. The zero-order valence-corrected chi connectivity index (χ0v) is 19.5. The van der Waals surface area contributed by atoms with E-state index in [4.69, 9.17) is 14.2 Å². The van der Waals surface area contributed by atoms with E-state index in [0.717, 1.165) is 11.1 Å². The van der Waals surface area contributed by atoms with Gasteiger partial charge >= 0.3 is 5.97 Å². The SMILES string of the molecule is COC(=O)[C@@H](N[C@@H]1c2ccccc2C(=O)N1CCc1ccccc1)c1ccc(OC)c(OC)c1. The minimum Gasteiger partial charge on any atom is -0.493 e. The maximum Gasteiger partial charge on any atom is 0.327 e. The summed E-state index contributed by atoms with van der Waals surface area (Å²) in [6.07, 6.45) is 0.197. The van der Waals surface area contributed by atoms with E-state index in [0.29, 0.717) is 35.6 Å². The maximum absolute atomic E-state index is 13.3. The van der Waals surface area contributed by atoms with Crippen LogP contribution in [0, 0.1) is 0 Å². The summed E-state index contributed by atoms with van der Waals surface area (Å²) < 4.78 is 15.9. The third kappa shape index (κ3) is 4.61. The standard InChI is InChI=1S/C27H28N2O5/c1-32-22-14-13-19(17-23(22)33-2)24(27(31)34-3)28-25-20-11-7-8-12-21(20)26(30)29(25)16-15-18-9-5-4-6-10-18/h4-14,17,24-25,28H,15-16H2,1-3H3/t24-,25-/m0/s1. The Morgan fingerprint density at radius 3 is 2.35 bits per heavy atom. The highest BCUT2D eigenvalue weighted by molar-refractivity contribution is 5.99. The monoisotopic (exact) mass is 460 g/mol. The minimum absolute atomic E-state index is 0.0695. The quantitative estimate of drug-likeness (QED) is 0.488. The summed E-state index contributed by atoms with van der Waals surface area (Å²) in [4.78, 5) is 27.9. The summed E-state index contributed by atoms with van der Waals surface area (Å²) in [7, 11) is 4.44. The first-order chi connectivity index (χ1) is 16.6. The van der Waals surface area contributed by atoms with Crippen LogP contribution in [-0.4, -0.2) is 44.7 Å². The van der Waals surface area contributed by atoms with Crippen molar-refractivity contribution in [3.8, 4) is 11.5 Å². The van der Waals surface area contributed by atoms with Gasteiger partial charge in [0.25, 0.3) is 5.91 Å². The number of amides is 1. The molecule has 176 valence electrons. The Balaban J connectivity index is 1.67. The molecule has 0 aromatic heterocycles. The molecule has 0 radical (unpaired) electrons. The Hall–Kier alpha value is -3.84. The number of rotatable bonds is 9. The first-order valence-corrected chi connectivity index (χ1v) is 11.1. The molecule has 7 nitrogen and oxygen atoms in total. The van der Waals surface area contributed by atoms with E-state index in [1.807, 2.05) is 54.6 Å². The van der Waals surface area contributed by atoms with Crippen LogP contribution in [-0.2, 0) is 16.0 Å². The van der Waals surface area contributed by atoms with Crippen molar-refractivity contribution in [1.82, 2.24) is 10.2 Å². The molecule has 0 fully saturated rings. The molecule has 2 atom stereocenters. The van der Waals surface area contributed by atoms with Crippen molar-refractivity contribution in [2.75, 3.05) is 27.9 Å². The largest absolute Gasteiger partial charge is 0.493 e. The average Bonchev–Trinajstić information content (AvgIpc) is 3.16. The van der Waals surface area contributed by atoms with Crippen LogP contribution < -0.4 is 14.8 Å². The molecule has 7 heteroatoms. The second-order valence-electron chi connectivity index (χ2n) is 7.96. The smallest absolute Gasteiger partial charge is 0.327 e. The van der Waals surface area contributed by atoms with Gasteiger partial charge in [-0.2, -0.15) is 0 Å². The average molecular weight is 461 g/mol. The summed E-state index contributed by atoms with van der Waals surface area (Å²) in [6.45, 7) is 0.495. The van der Waals surface area contributed by atoms with E-state index in [2.05, 4.69) is 5.32 Å². The first kappa shape index (κ1) is 23.3. The van der Waals surface area contributed by atoms with Crippen molar-refractivity contribution in [3.63, 3.8) is 0 Å². The zero-order chi connectivity index (χ0) is 24.1. The fourth-order valence-corrected chi connectivity index (χ4v) is 4.28. The number of benzene rings is 3. The molecule has 4 rings (SSSR count). The first-order valence-electron chi connectivity index (χ1n) is 11.1. The fraction of sp³-hybridized carbons (Fsp3) is 0.259. The number of fused-ring (bicyclic) bond motifs is 1. The molecule has 1 N–H and O–H groups in total. The molecular formula is C27H28N2O5. The highest BCUT2D eigenvalue weighted by Crippen LogP contribution is 2.36. The Morgan fingerprint density at radius 1 is 0.941 bits per heavy atom. The summed E-state index contributed by atoms with van der Waals surface area (Å²) >= 11 is 0. The third-order valence-corrected chi connectivity index (χ3v) is 6.04. The van der Waals surface area contributed by atoms with E-state index in [1.165, 1.54) is 7.11 Å². The van der Waals surface area contributed by atoms with Crippen molar-refractivity contribution in [2.24, 2.45) is 0 Å². The minimum atomic E-state index is -0.826. The number of esters is 1. The molecule has 34 heavy (non-hydrogen) atoms. The van der Waals surface area contributed by atoms with E-state index in [1.54, 1.807) is 37.3 Å². The molecule has 1 aliphatic rings. The number of methoxy groups -OCH3 is 3. The van der Waals surface area contributed by atoms with Gasteiger partial charge in [-0.05, 0) is 35.7 Å². The van der Waals surface area contributed by atoms with Crippen molar-refractivity contribution in [3.05, 3.63) is 95.1 Å². The van der Waals surface area contributed by atoms with Gasteiger partial charge in [0, 0.05) is 17.7 Å². The van der Waals surface area contributed by atoms with Gasteiger partial charge in [-0.15, -0.1) is 0 Å². The predicted octanol–water partition coefficient (Wildman–Crippen LogP) is 3.90. The van der Waals surface area contributed by atoms with Crippen molar-refractivity contribution in [2.45, 2.75) is 18.6 Å². The van der Waals surface area contributed by atoms with Crippen LogP contribution >= 0.6 is 0 Å². The molecule has 3 aromatic rings. The fourth-order valence-electron chi connectivity index (χ4n) is 4.28. The number of carbonyl (C=O) groups excluding carboxylic acids is 2. The normalized spacial score (nSPS) is 15.6. The van der Waals surface area contributed by atoms with E-state index < -0.39 is 18.2 Å². The Bertz CT molecular complexity index is 1160. The molecule has 0 spiro atoms. The Morgan fingerprint density at radius 2 is 1.65 bits per heavy atom. The van der Waals surface area contributed by atoms with Crippen LogP contribution in [0.1, 0.15) is 39.3 Å². The molecule has 0 saturated heterocycles. The zero-order valence-electron chi connectivity index (χ0n) is 19.5. The van der Waals surface area contributed by atoms with Gasteiger partial charge in [-0.3, -0.25) is 10.1 Å². The van der Waals surface area contributed by atoms with Crippen molar-refractivity contribution < 1.29 is 23.8 Å². The number of hydrogen-bond donors (Lipinski definition) is 1. The molecule has 0 saturated carbocycles. The summed E-state index contributed by atoms with van der Waals surface area (Å²) in [5, 5.41) is 3.38. The lowest BCUT2D eigenvalue weighted by Gasteiger charge is -2.30. The van der Waals surface area contributed by atoms with Gasteiger partial charge in [-0.25, -0.2) is 4.79 Å². The van der Waals surface area contributed by atoms with Crippen LogP contribution in [0.25, 0.3) is 0 Å². The van der Waals surface area contributed by atoms with Crippen molar-refractivity contribution in [1.29, 1.82) is 0 Å². The third-order valence-electron chi connectivity index (χ3n) is 6.04. The number of nitrogens with one attached hydrogen (secondary N) is 1. The van der Waals surface area contributed by atoms with Gasteiger partial charge in [0.05, 0.1) is 21.3 Å². The van der Waals surface area contributed by atoms with Gasteiger partial charge in [0.1, 0.15) is 12.2 Å². The number of carbonyl (C=O) groups is 2. The van der Waals surface area contributed by atoms with Crippen LogP contribution in [0.15, 0.2) is 72.8 Å². The van der Waals surface area contributed by atoms with Gasteiger partial charge in [0.2, 0.25) is 0 Å². The molecule has 1 heterocycles. The molecular weight excluding hydrogens is 432 g/mol. The highest BCUT2D eigenvalue weighted by atomic mass is 16.5. The molecule has 0 unspecified atom stereocenters. The molecule has 0 bridgehead atoms. The summed E-state index contributed by atoms with van der Waals surface area (Å²) in [6, 6.07) is 21.9. The number of nitrogens with zero attached hydrogens (tertiary/aromatic N) is 1. The summed E-state index contributed by atoms with van der Waals surface area (Å²) in [5.74, 6) is 0.521. The van der Waals surface area contributed by atoms with Crippen LogP contribution in [0.2, 0.25) is 0 Å². The van der Waals surface area contributed by atoms with E-state index >= 15 is 0 Å². The lowest BCUT2D eigenvalue weighted by atomic mass is 10.0. The molecule has 0 aliphatic carbocycles. The lowest BCUT2D eigenvalue weighted by molar-refractivity contribution is -0.144. The van der Waals surface area contributed by atoms with Gasteiger partial charge < -0.3 is 19.1 Å². The molecule has 1 aliphatic heterocycles. The van der Waals surface area contributed by atoms with Crippen LogP contribution in [0.5, 0.6) is 11.5 Å². The maximum atomic E-state index is 13.3. The predicted molar refractivity (Wildman–Crippen MR) is 128 cm³/mol. The lowest BCUT2D eigenvalue weighted by Crippen LogP contribution is -2.42. The second kappa shape index (κ2) is 10.4. The van der Waals surface area contributed by atoms with Crippen molar-refractivity contribution >= 4 is 11.9 Å². The van der Waals surface area contributed by atoms with Crippen LogP contribution in [0.3, 0.4) is 0 Å². The second-order valence-corrected chi connectivity index (χ2v) is 7.96. The van der Waals surface area contributed by atoms with Crippen LogP contribution in [0.4, 0.5) is 0 Å². The summed E-state index contributed by atoms with van der Waals surface area (Å²) in [5.41, 5.74) is 3.23. The molecule has 1 amide bonds. The highest BCUT2D eigenvalue weighted by Gasteiger charge is 2.39. The number of hydrogen-bond acceptors (Lipinski definition) is 6. The topological polar surface area (TPSA) is 77.1 Å². The van der Waals surface area contributed by atoms with E-state index in [9.17, 15) is 9.59 Å². The Labute approximate surface area is 199 Å².